The zero-order valence-electron chi connectivity index (χ0n) is 37.1. The van der Waals surface area contributed by atoms with Crippen LogP contribution in [0.25, 0.3) is 33.4 Å². The predicted molar refractivity (Wildman–Crippen MR) is 276 cm³/mol. The van der Waals surface area contributed by atoms with Crippen molar-refractivity contribution < 1.29 is 0 Å². The van der Waals surface area contributed by atoms with E-state index in [1.165, 1.54) is 66.8 Å². The van der Waals surface area contributed by atoms with Crippen LogP contribution in [0.2, 0.25) is 0 Å². The minimum Gasteiger partial charge on any atom is -0.310 e. The molecule has 66 heavy (non-hydrogen) atoms. The highest BCUT2D eigenvalue weighted by molar-refractivity contribution is 5.90. The monoisotopic (exact) mass is 844 g/mol. The van der Waals surface area contributed by atoms with E-state index in [1.54, 1.807) is 0 Å². The second-order valence-electron chi connectivity index (χ2n) is 18.1. The van der Waals surface area contributed by atoms with E-state index in [0.29, 0.717) is 0 Å². The molecule has 0 fully saturated rings. The fourth-order valence-corrected chi connectivity index (χ4v) is 11.1. The van der Waals surface area contributed by atoms with E-state index < -0.39 is 5.41 Å². The van der Waals surface area contributed by atoms with Gasteiger partial charge in [-0.15, -0.1) is 0 Å². The van der Waals surface area contributed by atoms with Crippen LogP contribution in [0.1, 0.15) is 47.2 Å². The Morgan fingerprint density at radius 1 is 0.258 bits per heavy atom. The van der Waals surface area contributed by atoms with Gasteiger partial charge in [0.05, 0.1) is 5.41 Å². The van der Waals surface area contributed by atoms with E-state index >= 15 is 0 Å². The molecule has 0 aromatic heterocycles. The average molecular weight is 845 g/mol. The summed E-state index contributed by atoms with van der Waals surface area (Å²) < 4.78 is 0. The topological polar surface area (TPSA) is 6.48 Å². The predicted octanol–water partition coefficient (Wildman–Crippen LogP) is 17.0. The van der Waals surface area contributed by atoms with Crippen molar-refractivity contribution in [2.24, 2.45) is 0 Å². The van der Waals surface area contributed by atoms with E-state index in [4.69, 9.17) is 0 Å². The first-order valence-electron chi connectivity index (χ1n) is 23.0. The Balaban J connectivity index is 1.03. The first-order chi connectivity index (χ1) is 32.5. The molecule has 0 radical (unpaired) electrons. The van der Waals surface area contributed by atoms with Gasteiger partial charge in [-0.1, -0.05) is 202 Å². The molecule has 0 spiro atoms. The molecule has 0 unspecified atom stereocenters. The van der Waals surface area contributed by atoms with Crippen molar-refractivity contribution in [3.63, 3.8) is 0 Å². The van der Waals surface area contributed by atoms with Gasteiger partial charge in [-0.2, -0.15) is 0 Å². The summed E-state index contributed by atoms with van der Waals surface area (Å²) in [7, 11) is 0. The standard InChI is InChI=1S/C64H48N2/c1-63(2)59-33-15-12-30-55(59)58-41-40-54(44-62(58)63)66(50-38-36-46(37-39-50)45-20-6-3-7-21-45)53-29-19-28-52(43-53)65(49-25-10-5-11-26-49)51-27-18-24-48(42-51)64(47-22-8-4-9-23-47)60-34-16-13-31-56(60)57-32-14-17-35-61(57)64/h3-44H,1-2H3. The summed E-state index contributed by atoms with van der Waals surface area (Å²) in [6.45, 7) is 4.72. The van der Waals surface area contributed by atoms with E-state index in [2.05, 4.69) is 278 Å². The van der Waals surface area contributed by atoms with Crippen LogP contribution in [0, 0.1) is 0 Å². The molecule has 2 nitrogen and oxygen atoms in total. The van der Waals surface area contributed by atoms with Gasteiger partial charge in [-0.05, 0) is 133 Å². The largest absolute Gasteiger partial charge is 0.310 e. The fourth-order valence-electron chi connectivity index (χ4n) is 11.1. The molecule has 0 saturated carbocycles. The van der Waals surface area contributed by atoms with Crippen LogP contribution in [0.3, 0.4) is 0 Å². The third-order valence-electron chi connectivity index (χ3n) is 14.1. The number of fused-ring (bicyclic) bond motifs is 6. The maximum atomic E-state index is 2.42. The Labute approximate surface area is 388 Å². The SMILES string of the molecule is CC1(C)c2ccccc2-c2ccc(N(c3ccc(-c4ccccc4)cc3)c3cccc(N(c4ccccc4)c4cccc(C5(c6ccccc6)c6ccccc6-c6ccccc65)c4)c3)cc21. The molecule has 314 valence electrons. The maximum Gasteiger partial charge on any atom is 0.0714 e. The van der Waals surface area contributed by atoms with Crippen LogP contribution in [0.4, 0.5) is 34.1 Å². The minimum atomic E-state index is -0.515. The van der Waals surface area contributed by atoms with Gasteiger partial charge in [0.1, 0.15) is 0 Å². The highest BCUT2D eigenvalue weighted by Gasteiger charge is 2.46. The van der Waals surface area contributed by atoms with Crippen LogP contribution in [0.15, 0.2) is 255 Å². The van der Waals surface area contributed by atoms with Crippen molar-refractivity contribution in [3.05, 3.63) is 288 Å². The number of rotatable bonds is 9. The Kier molecular flexibility index (Phi) is 9.43. The van der Waals surface area contributed by atoms with Gasteiger partial charge < -0.3 is 9.80 Å². The molecule has 0 heterocycles. The second-order valence-corrected chi connectivity index (χ2v) is 18.1. The van der Waals surface area contributed by atoms with Crippen LogP contribution < -0.4 is 9.80 Å². The Hall–Kier alpha value is -8.20. The number of benzene rings is 10. The molecule has 2 heteroatoms. The summed E-state index contributed by atoms with van der Waals surface area (Å²) in [5.41, 5.74) is 21.3. The van der Waals surface area contributed by atoms with Crippen LogP contribution in [0.5, 0.6) is 0 Å². The highest BCUT2D eigenvalue weighted by Crippen LogP contribution is 2.57. The zero-order chi connectivity index (χ0) is 44.2. The number of anilines is 6. The third-order valence-corrected chi connectivity index (χ3v) is 14.1. The van der Waals surface area contributed by atoms with E-state index in [0.717, 1.165) is 34.1 Å². The van der Waals surface area contributed by atoms with Gasteiger partial charge >= 0.3 is 0 Å². The molecule has 10 aromatic rings. The van der Waals surface area contributed by atoms with Gasteiger partial charge in [0.15, 0.2) is 0 Å². The first-order valence-corrected chi connectivity index (χ1v) is 23.0. The zero-order valence-corrected chi connectivity index (χ0v) is 37.1. The van der Waals surface area contributed by atoms with Crippen molar-refractivity contribution in [2.45, 2.75) is 24.7 Å². The van der Waals surface area contributed by atoms with Crippen molar-refractivity contribution in [1.29, 1.82) is 0 Å². The summed E-state index contributed by atoms with van der Waals surface area (Å²) in [5, 5.41) is 0. The number of hydrogen-bond donors (Lipinski definition) is 0. The molecular weight excluding hydrogens is 797 g/mol. The molecule has 0 amide bonds. The smallest absolute Gasteiger partial charge is 0.0714 e. The lowest BCUT2D eigenvalue weighted by molar-refractivity contribution is 0.660. The van der Waals surface area contributed by atoms with Crippen molar-refractivity contribution in [1.82, 2.24) is 0 Å². The molecule has 0 atom stereocenters. The van der Waals surface area contributed by atoms with Crippen molar-refractivity contribution in [2.75, 3.05) is 9.80 Å². The Morgan fingerprint density at radius 3 is 1.27 bits per heavy atom. The average Bonchev–Trinajstić information content (AvgIpc) is 3.81. The Morgan fingerprint density at radius 2 is 0.652 bits per heavy atom. The molecule has 0 saturated heterocycles. The number of hydrogen-bond acceptors (Lipinski definition) is 2. The van der Waals surface area contributed by atoms with Crippen molar-refractivity contribution >= 4 is 34.1 Å². The lowest BCUT2D eigenvalue weighted by atomic mass is 9.67. The van der Waals surface area contributed by atoms with Crippen LogP contribution in [-0.4, -0.2) is 0 Å². The van der Waals surface area contributed by atoms with E-state index in [9.17, 15) is 0 Å². The summed E-state index contributed by atoms with van der Waals surface area (Å²) in [6, 6.07) is 93.7. The van der Waals surface area contributed by atoms with Gasteiger partial charge in [-0.3, -0.25) is 0 Å². The normalized spacial score (nSPS) is 13.5. The number of para-hydroxylation sites is 1. The summed E-state index contributed by atoms with van der Waals surface area (Å²) >= 11 is 0. The lowest BCUT2D eigenvalue weighted by Crippen LogP contribution is -2.28. The maximum absolute atomic E-state index is 2.42. The molecule has 0 bridgehead atoms. The van der Waals surface area contributed by atoms with Gasteiger partial charge in [0.25, 0.3) is 0 Å². The molecule has 2 aliphatic rings. The van der Waals surface area contributed by atoms with E-state index in [1.807, 2.05) is 0 Å². The van der Waals surface area contributed by atoms with Gasteiger partial charge in [0, 0.05) is 39.5 Å². The quantitative estimate of drug-likeness (QED) is 0.143. The van der Waals surface area contributed by atoms with Crippen LogP contribution >= 0.6 is 0 Å². The van der Waals surface area contributed by atoms with Gasteiger partial charge in [0.2, 0.25) is 0 Å². The van der Waals surface area contributed by atoms with E-state index in [-0.39, 0.29) is 5.41 Å². The molecular formula is C64H48N2. The third kappa shape index (κ3) is 6.25. The second kappa shape index (κ2) is 15.8. The molecule has 12 rings (SSSR count). The molecule has 2 aliphatic carbocycles. The Bertz CT molecular complexity index is 3340. The molecule has 0 N–H and O–H groups in total. The van der Waals surface area contributed by atoms with Crippen molar-refractivity contribution in [3.8, 4) is 33.4 Å². The molecule has 10 aromatic carbocycles. The summed E-state index contributed by atoms with van der Waals surface area (Å²) in [6.07, 6.45) is 0. The summed E-state index contributed by atoms with van der Waals surface area (Å²) in [4.78, 5) is 4.84. The summed E-state index contributed by atoms with van der Waals surface area (Å²) in [5.74, 6) is 0. The number of nitrogens with zero attached hydrogens (tertiary/aromatic N) is 2. The molecule has 0 aliphatic heterocycles. The highest BCUT2D eigenvalue weighted by atomic mass is 15.2. The first kappa shape index (κ1) is 39.4. The lowest BCUT2D eigenvalue weighted by Gasteiger charge is -2.35. The van der Waals surface area contributed by atoms with Crippen LogP contribution in [-0.2, 0) is 10.8 Å². The fraction of sp³-hybridized carbons (Fsp3) is 0.0625. The minimum absolute atomic E-state index is 0.140. The van der Waals surface area contributed by atoms with Gasteiger partial charge in [-0.25, -0.2) is 0 Å².